The van der Waals surface area contributed by atoms with Gasteiger partial charge in [-0.25, -0.2) is 9.53 Å². The predicted octanol–water partition coefficient (Wildman–Crippen LogP) is 0.302. The summed E-state index contributed by atoms with van der Waals surface area (Å²) in [7, 11) is -2.82. The van der Waals surface area contributed by atoms with Crippen LogP contribution < -0.4 is 10.6 Å². The van der Waals surface area contributed by atoms with Crippen LogP contribution in [-0.2, 0) is 14.2 Å². The smallest absolute Gasteiger partial charge is 0.229 e. The molecule has 0 aromatic heterocycles. The Morgan fingerprint density at radius 3 is 3.07 bits per heavy atom. The predicted molar refractivity (Wildman–Crippen MR) is 63.2 cm³/mol. The van der Waals surface area contributed by atoms with Gasteiger partial charge in [-0.3, -0.25) is 4.18 Å². The van der Waals surface area contributed by atoms with Crippen LogP contribution in [0.5, 0.6) is 0 Å². The van der Waals surface area contributed by atoms with Gasteiger partial charge in [0.25, 0.3) is 0 Å². The van der Waals surface area contributed by atoms with E-state index in [1.54, 1.807) is 6.92 Å². The van der Waals surface area contributed by atoms with Gasteiger partial charge in [-0.05, 0) is 13.3 Å². The third kappa shape index (κ3) is 4.09. The molecule has 2 unspecified atom stereocenters. The molecule has 0 amide bonds. The molecule has 1 heterocycles. The van der Waals surface area contributed by atoms with Crippen LogP contribution in [0.25, 0.3) is 0 Å². The van der Waals surface area contributed by atoms with Gasteiger partial charge in [-0.1, -0.05) is 13.3 Å². The molecule has 15 heavy (non-hydrogen) atoms. The van der Waals surface area contributed by atoms with Crippen LogP contribution in [0.15, 0.2) is 4.40 Å². The minimum Gasteiger partial charge on any atom is -0.352 e. The van der Waals surface area contributed by atoms with Crippen molar-refractivity contribution < 1.29 is 8.39 Å². The van der Waals surface area contributed by atoms with E-state index in [1.165, 1.54) is 0 Å². The van der Waals surface area contributed by atoms with E-state index >= 15 is 0 Å². The number of rotatable bonds is 5. The van der Waals surface area contributed by atoms with E-state index in [2.05, 4.69) is 27.8 Å². The third-order valence-corrected chi connectivity index (χ3v) is 3.01. The molecule has 0 aliphatic carbocycles. The summed E-state index contributed by atoms with van der Waals surface area (Å²) in [6.45, 7) is 4.95. The fraction of sp³-hybridized carbons (Fsp3) is 0.778. The van der Waals surface area contributed by atoms with Gasteiger partial charge in [0, 0.05) is 12.4 Å². The lowest BCUT2D eigenvalue weighted by atomic mass is 10.2. The van der Waals surface area contributed by atoms with Crippen molar-refractivity contribution in [3.63, 3.8) is 0 Å². The van der Waals surface area contributed by atoms with E-state index in [0.717, 1.165) is 19.4 Å². The second kappa shape index (κ2) is 5.37. The van der Waals surface area contributed by atoms with Gasteiger partial charge in [0.2, 0.25) is 5.96 Å². The van der Waals surface area contributed by atoms with Gasteiger partial charge in [0.15, 0.2) is 9.99 Å². The van der Waals surface area contributed by atoms with E-state index in [1.807, 2.05) is 0 Å². The zero-order valence-electron chi connectivity index (χ0n) is 9.23. The van der Waals surface area contributed by atoms with Crippen molar-refractivity contribution in [3.8, 4) is 0 Å². The van der Waals surface area contributed by atoms with Gasteiger partial charge in [0.1, 0.15) is 0 Å². The number of hydrogen-bond donors (Lipinski definition) is 1. The molecule has 5 nitrogen and oxygen atoms in total. The average molecular weight is 232 g/mol. The lowest BCUT2D eigenvalue weighted by Gasteiger charge is -2.04. The highest BCUT2D eigenvalue weighted by atomic mass is 32.2. The molecule has 0 bridgehead atoms. The Morgan fingerprint density at radius 1 is 1.73 bits per heavy atom. The number of guanidine groups is 1. The Bertz CT molecular complexity index is 324. The topological polar surface area (TPSA) is 64.8 Å². The first-order valence-electron chi connectivity index (χ1n) is 5.13. The van der Waals surface area contributed by atoms with Crippen LogP contribution in [-0.4, -0.2) is 35.2 Å². The summed E-state index contributed by atoms with van der Waals surface area (Å²) in [5.74, 6) is 3.82. The Kier molecular flexibility index (Phi) is 4.41. The lowest BCUT2D eigenvalue weighted by Crippen LogP contribution is -2.22. The highest BCUT2D eigenvalue weighted by Crippen LogP contribution is 2.04. The van der Waals surface area contributed by atoms with E-state index in [-0.39, 0.29) is 6.04 Å². The Labute approximate surface area is 91.7 Å². The van der Waals surface area contributed by atoms with Crippen LogP contribution >= 0.6 is 0 Å². The average Bonchev–Trinajstić information content (AvgIpc) is 2.52. The third-order valence-electron chi connectivity index (χ3n) is 1.95. The molecule has 1 radical (unpaired) electrons. The molecule has 0 aromatic rings. The summed E-state index contributed by atoms with van der Waals surface area (Å²) >= 11 is 0. The Morgan fingerprint density at radius 2 is 2.47 bits per heavy atom. The fourth-order valence-corrected chi connectivity index (χ4v) is 2.17. The summed E-state index contributed by atoms with van der Waals surface area (Å²) in [4.78, 5) is 0. The second-order valence-electron chi connectivity index (χ2n) is 3.36. The number of nitrogens with one attached hydrogen (secondary N) is 1. The Hall–Kier alpha value is -0.750. The molecular formula is C9H18N3O2S. The Balaban J connectivity index is 2.56. The molecule has 0 aromatic carbocycles. The van der Waals surface area contributed by atoms with Gasteiger partial charge < -0.3 is 5.32 Å². The summed E-state index contributed by atoms with van der Waals surface area (Å²) in [5.41, 5.74) is 0. The van der Waals surface area contributed by atoms with Crippen molar-refractivity contribution in [2.75, 3.05) is 13.2 Å². The van der Waals surface area contributed by atoms with Crippen molar-refractivity contribution in [1.29, 1.82) is 0 Å². The highest BCUT2D eigenvalue weighted by Gasteiger charge is 2.21. The largest absolute Gasteiger partial charge is 0.352 e. The molecule has 0 saturated carbocycles. The van der Waals surface area contributed by atoms with Gasteiger partial charge in [0.05, 0.1) is 12.6 Å². The minimum absolute atomic E-state index is 0.241. The summed E-state index contributed by atoms with van der Waals surface area (Å²) in [6, 6.07) is 0.241. The van der Waals surface area contributed by atoms with Gasteiger partial charge in [-0.15, -0.1) is 4.40 Å². The van der Waals surface area contributed by atoms with Crippen LogP contribution in [0.4, 0.5) is 0 Å². The molecule has 1 fully saturated rings. The monoisotopic (exact) mass is 232 g/mol. The van der Waals surface area contributed by atoms with Crippen molar-refractivity contribution in [3.05, 3.63) is 0 Å². The molecule has 1 rings (SSSR count). The highest BCUT2D eigenvalue weighted by molar-refractivity contribution is 7.94. The van der Waals surface area contributed by atoms with E-state index in [0.29, 0.717) is 12.6 Å². The SMILES string of the molecule is C=S(=O)(N=C1[N]C(CCC)CN1)OCC. The molecule has 1 aliphatic rings. The number of hydrogen-bond acceptors (Lipinski definition) is 2. The van der Waals surface area contributed by atoms with Gasteiger partial charge in [-0.2, -0.15) is 0 Å². The van der Waals surface area contributed by atoms with Crippen molar-refractivity contribution in [2.45, 2.75) is 32.7 Å². The first-order chi connectivity index (χ1) is 7.07. The summed E-state index contributed by atoms with van der Waals surface area (Å²) in [5, 5.41) is 7.28. The maximum atomic E-state index is 11.6. The van der Waals surface area contributed by atoms with E-state index in [9.17, 15) is 4.21 Å². The van der Waals surface area contributed by atoms with E-state index in [4.69, 9.17) is 4.18 Å². The maximum Gasteiger partial charge on any atom is 0.229 e. The van der Waals surface area contributed by atoms with Gasteiger partial charge >= 0.3 is 0 Å². The second-order valence-corrected chi connectivity index (χ2v) is 4.94. The molecule has 1 N–H and O–H groups in total. The fourth-order valence-electron chi connectivity index (χ4n) is 1.37. The summed E-state index contributed by atoms with van der Waals surface area (Å²) in [6.07, 6.45) is 2.09. The molecule has 87 valence electrons. The minimum atomic E-state index is -2.82. The zero-order chi connectivity index (χ0) is 11.3. The molecule has 1 saturated heterocycles. The first kappa shape index (κ1) is 12.3. The van der Waals surface area contributed by atoms with Crippen LogP contribution in [0, 0.1) is 0 Å². The molecule has 6 heteroatoms. The van der Waals surface area contributed by atoms with Crippen molar-refractivity contribution in [1.82, 2.24) is 10.6 Å². The van der Waals surface area contributed by atoms with Crippen LogP contribution in [0.2, 0.25) is 0 Å². The van der Waals surface area contributed by atoms with Crippen LogP contribution in [0.1, 0.15) is 26.7 Å². The summed E-state index contributed by atoms with van der Waals surface area (Å²) < 4.78 is 20.4. The quantitative estimate of drug-likeness (QED) is 0.693. The van der Waals surface area contributed by atoms with Crippen molar-refractivity contribution in [2.24, 2.45) is 4.40 Å². The van der Waals surface area contributed by atoms with Crippen LogP contribution in [0.3, 0.4) is 0 Å². The normalized spacial score (nSPS) is 27.1. The lowest BCUT2D eigenvalue weighted by molar-refractivity contribution is 0.369. The van der Waals surface area contributed by atoms with Crippen molar-refractivity contribution >= 4 is 21.8 Å². The maximum absolute atomic E-state index is 11.6. The molecule has 2 atom stereocenters. The zero-order valence-corrected chi connectivity index (χ0v) is 10.0. The molecule has 0 spiro atoms. The van der Waals surface area contributed by atoms with E-state index < -0.39 is 9.99 Å². The first-order valence-corrected chi connectivity index (χ1v) is 6.74. The standard InChI is InChI=1S/C9H18N3O2S/c1-4-6-8-7-10-9(11-8)12-15(3,13)14-5-2/h8H,3-7H2,1-2H3,(H,10,12,13). The number of nitrogens with zero attached hydrogens (tertiary/aromatic N) is 2. The molecule has 1 aliphatic heterocycles. The molecular weight excluding hydrogens is 214 g/mol.